The molecule has 8 nitrogen and oxygen atoms in total. The maximum atomic E-state index is 12.3. The van der Waals surface area contributed by atoms with Gasteiger partial charge in [-0.1, -0.05) is 30.8 Å². The summed E-state index contributed by atoms with van der Waals surface area (Å²) in [6.45, 7) is 6.20. The van der Waals surface area contributed by atoms with Crippen LogP contribution in [0.25, 0.3) is 0 Å². The van der Waals surface area contributed by atoms with E-state index in [4.69, 9.17) is 4.52 Å². The monoisotopic (exact) mass is 325 g/mol. The lowest BCUT2D eigenvalue weighted by atomic mass is 10.3. The third-order valence-corrected chi connectivity index (χ3v) is 4.32. The lowest BCUT2D eigenvalue weighted by molar-refractivity contribution is -0.115. The van der Waals surface area contributed by atoms with E-state index >= 15 is 0 Å². The number of carbonyl (C=O) groups is 1. The van der Waals surface area contributed by atoms with Crippen molar-refractivity contribution in [2.45, 2.75) is 50.6 Å². The molecule has 0 aliphatic carbocycles. The van der Waals surface area contributed by atoms with Gasteiger partial charge in [-0.2, -0.15) is 0 Å². The summed E-state index contributed by atoms with van der Waals surface area (Å²) in [5.41, 5.74) is -0.258. The first-order valence-electron chi connectivity index (χ1n) is 7.11. The zero-order chi connectivity index (χ0) is 16.1. The van der Waals surface area contributed by atoms with Crippen molar-refractivity contribution < 1.29 is 9.32 Å². The number of H-pyrrole nitrogens is 1. The molecule has 9 heteroatoms. The van der Waals surface area contributed by atoms with Gasteiger partial charge >= 0.3 is 5.69 Å². The Kier molecular flexibility index (Phi) is 5.42. The van der Waals surface area contributed by atoms with Crippen molar-refractivity contribution in [1.29, 1.82) is 0 Å². The fourth-order valence-electron chi connectivity index (χ4n) is 1.90. The lowest BCUT2D eigenvalue weighted by Crippen LogP contribution is -2.26. The molecule has 0 saturated carbocycles. The Morgan fingerprint density at radius 1 is 1.55 bits per heavy atom. The maximum Gasteiger partial charge on any atom is 0.343 e. The molecule has 0 bridgehead atoms. The van der Waals surface area contributed by atoms with Gasteiger partial charge in [0.2, 0.25) is 5.91 Å². The molecule has 0 spiro atoms. The van der Waals surface area contributed by atoms with Gasteiger partial charge in [0.1, 0.15) is 5.76 Å². The largest absolute Gasteiger partial charge is 0.360 e. The van der Waals surface area contributed by atoms with Crippen LogP contribution in [0, 0.1) is 6.92 Å². The number of nitrogens with zero attached hydrogens (tertiary/aromatic N) is 3. The number of rotatable bonds is 7. The van der Waals surface area contributed by atoms with Crippen molar-refractivity contribution in [1.82, 2.24) is 19.9 Å². The SMILES string of the molecule is CCCn1c(S[C@@H](CC)C(=O)Nc2cc(C)on2)n[nH]c1=O. The van der Waals surface area contributed by atoms with E-state index < -0.39 is 0 Å². The van der Waals surface area contributed by atoms with Gasteiger partial charge in [-0.15, -0.1) is 5.10 Å². The van der Waals surface area contributed by atoms with E-state index in [0.29, 0.717) is 29.7 Å². The first-order valence-corrected chi connectivity index (χ1v) is 7.99. The van der Waals surface area contributed by atoms with Crippen LogP contribution in [0.4, 0.5) is 5.82 Å². The fraction of sp³-hybridized carbons (Fsp3) is 0.538. The molecule has 2 N–H and O–H groups in total. The Hall–Kier alpha value is -2.03. The standard InChI is InChI=1S/C13H19N5O3S/c1-4-6-18-12(20)15-16-13(18)22-9(5-2)11(19)14-10-7-8(3)21-17-10/h7,9H,4-6H2,1-3H3,(H,15,20)(H,14,17,19)/t9-/m0/s1. The van der Waals surface area contributed by atoms with Gasteiger partial charge in [-0.25, -0.2) is 9.89 Å². The Labute approximate surface area is 131 Å². The van der Waals surface area contributed by atoms with E-state index in [1.165, 1.54) is 11.8 Å². The predicted octanol–water partition coefficient (Wildman–Crippen LogP) is 1.79. The van der Waals surface area contributed by atoms with Gasteiger partial charge in [0.15, 0.2) is 11.0 Å². The summed E-state index contributed by atoms with van der Waals surface area (Å²) in [6, 6.07) is 1.65. The fourth-order valence-corrected chi connectivity index (χ4v) is 2.88. The van der Waals surface area contributed by atoms with E-state index in [2.05, 4.69) is 20.7 Å². The number of aryl methyl sites for hydroxylation is 1. The molecule has 2 rings (SSSR count). The average Bonchev–Trinajstić information content (AvgIpc) is 3.04. The van der Waals surface area contributed by atoms with Crippen LogP contribution in [0.3, 0.4) is 0 Å². The third-order valence-electron chi connectivity index (χ3n) is 2.96. The van der Waals surface area contributed by atoms with Crippen molar-refractivity contribution in [2.24, 2.45) is 0 Å². The highest BCUT2D eigenvalue weighted by atomic mass is 32.2. The van der Waals surface area contributed by atoms with Crippen LogP contribution in [-0.2, 0) is 11.3 Å². The molecular formula is C13H19N5O3S. The second-order valence-electron chi connectivity index (χ2n) is 4.79. The van der Waals surface area contributed by atoms with Crippen molar-refractivity contribution in [3.63, 3.8) is 0 Å². The summed E-state index contributed by atoms with van der Waals surface area (Å²) < 4.78 is 6.46. The molecule has 0 saturated heterocycles. The molecule has 0 fully saturated rings. The van der Waals surface area contributed by atoms with Crippen LogP contribution in [0.5, 0.6) is 0 Å². The first kappa shape index (κ1) is 16.3. The topological polar surface area (TPSA) is 106 Å². The smallest absolute Gasteiger partial charge is 0.343 e. The Morgan fingerprint density at radius 2 is 2.32 bits per heavy atom. The van der Waals surface area contributed by atoms with Crippen molar-refractivity contribution >= 4 is 23.5 Å². The van der Waals surface area contributed by atoms with E-state index in [9.17, 15) is 9.59 Å². The zero-order valence-corrected chi connectivity index (χ0v) is 13.6. The molecule has 0 radical (unpaired) electrons. The van der Waals surface area contributed by atoms with Gasteiger partial charge in [-0.3, -0.25) is 9.36 Å². The number of carbonyl (C=O) groups excluding carboxylic acids is 1. The average molecular weight is 325 g/mol. The van der Waals surface area contributed by atoms with Gasteiger partial charge in [0, 0.05) is 12.6 Å². The van der Waals surface area contributed by atoms with Gasteiger partial charge in [-0.05, 0) is 19.8 Å². The molecule has 1 amide bonds. The molecule has 2 aromatic heterocycles. The molecule has 0 unspecified atom stereocenters. The molecule has 120 valence electrons. The summed E-state index contributed by atoms with van der Waals surface area (Å²) in [5, 5.41) is 13.0. The molecule has 0 aliphatic heterocycles. The first-order chi connectivity index (χ1) is 10.5. The summed E-state index contributed by atoms with van der Waals surface area (Å²) in [7, 11) is 0. The van der Waals surface area contributed by atoms with Gasteiger partial charge < -0.3 is 9.84 Å². The lowest BCUT2D eigenvalue weighted by Gasteiger charge is -2.13. The second-order valence-corrected chi connectivity index (χ2v) is 5.96. The van der Waals surface area contributed by atoms with Crippen LogP contribution in [0.2, 0.25) is 0 Å². The van der Waals surface area contributed by atoms with Crippen molar-refractivity contribution in [2.75, 3.05) is 5.32 Å². The minimum absolute atomic E-state index is 0.195. The number of amides is 1. The van der Waals surface area contributed by atoms with Crippen LogP contribution < -0.4 is 11.0 Å². The van der Waals surface area contributed by atoms with E-state index in [0.717, 1.165) is 6.42 Å². The number of aromatic nitrogens is 4. The Bertz CT molecular complexity index is 690. The molecular weight excluding hydrogens is 306 g/mol. The molecule has 2 aromatic rings. The third kappa shape index (κ3) is 3.79. The predicted molar refractivity (Wildman–Crippen MR) is 82.9 cm³/mol. The molecule has 0 aliphatic rings. The van der Waals surface area contributed by atoms with Crippen LogP contribution in [-0.4, -0.2) is 31.1 Å². The summed E-state index contributed by atoms with van der Waals surface area (Å²) >= 11 is 1.26. The molecule has 0 aromatic carbocycles. The van der Waals surface area contributed by atoms with Crippen LogP contribution in [0.1, 0.15) is 32.4 Å². The normalized spacial score (nSPS) is 12.3. The number of nitrogens with one attached hydrogen (secondary N) is 2. The summed E-state index contributed by atoms with van der Waals surface area (Å²) in [6.07, 6.45) is 1.41. The minimum atomic E-state index is -0.372. The number of hydrogen-bond acceptors (Lipinski definition) is 6. The second kappa shape index (κ2) is 7.30. The van der Waals surface area contributed by atoms with Gasteiger partial charge in [0.25, 0.3) is 0 Å². The maximum absolute atomic E-state index is 12.3. The van der Waals surface area contributed by atoms with E-state index in [1.807, 2.05) is 13.8 Å². The number of aromatic amines is 1. The minimum Gasteiger partial charge on any atom is -0.360 e. The zero-order valence-electron chi connectivity index (χ0n) is 12.8. The number of hydrogen-bond donors (Lipinski definition) is 2. The molecule has 1 atom stereocenters. The Balaban J connectivity index is 2.08. The highest BCUT2D eigenvalue weighted by Gasteiger charge is 2.22. The van der Waals surface area contributed by atoms with Crippen molar-refractivity contribution in [3.8, 4) is 0 Å². The number of anilines is 1. The quantitative estimate of drug-likeness (QED) is 0.752. The summed E-state index contributed by atoms with van der Waals surface area (Å²) in [5.74, 6) is 0.814. The molecule has 2 heterocycles. The van der Waals surface area contributed by atoms with E-state index in [-0.39, 0.29) is 16.8 Å². The molecule has 22 heavy (non-hydrogen) atoms. The van der Waals surface area contributed by atoms with Crippen LogP contribution >= 0.6 is 11.8 Å². The summed E-state index contributed by atoms with van der Waals surface area (Å²) in [4.78, 5) is 24.0. The highest BCUT2D eigenvalue weighted by molar-refractivity contribution is 8.00. The van der Waals surface area contributed by atoms with Crippen LogP contribution in [0.15, 0.2) is 20.5 Å². The Morgan fingerprint density at radius 3 is 2.91 bits per heavy atom. The number of thioether (sulfide) groups is 1. The van der Waals surface area contributed by atoms with Crippen molar-refractivity contribution in [3.05, 3.63) is 22.3 Å². The highest BCUT2D eigenvalue weighted by Crippen LogP contribution is 2.24. The van der Waals surface area contributed by atoms with E-state index in [1.54, 1.807) is 17.6 Å². The van der Waals surface area contributed by atoms with Gasteiger partial charge in [0.05, 0.1) is 5.25 Å².